The molecule has 1 aromatic heterocycles. The number of benzene rings is 2. The molecule has 1 atom stereocenters. The molecule has 0 radical (unpaired) electrons. The molecule has 4 rings (SSSR count). The molecular weight excluding hydrogens is 366 g/mol. The summed E-state index contributed by atoms with van der Waals surface area (Å²) in [6.07, 6.45) is 0. The number of ketones is 1. The van der Waals surface area contributed by atoms with Crippen LogP contribution < -0.4 is 4.90 Å². The zero-order valence-electron chi connectivity index (χ0n) is 13.8. The summed E-state index contributed by atoms with van der Waals surface area (Å²) in [4.78, 5) is 27.1. The number of aliphatic hydroxyl groups excluding tert-OH is 1. The Bertz CT molecular complexity index is 1030. The predicted octanol–water partition coefficient (Wildman–Crippen LogP) is 3.03. The number of rotatable bonds is 4. The normalized spacial score (nSPS) is 16.8. The minimum absolute atomic E-state index is 0.0351. The lowest BCUT2D eigenvalue weighted by Gasteiger charge is -2.24. The lowest BCUT2D eigenvalue weighted by molar-refractivity contribution is -0.117. The maximum atomic E-state index is 13.1. The highest BCUT2D eigenvalue weighted by molar-refractivity contribution is 7.13. The van der Waals surface area contributed by atoms with Crippen LogP contribution in [-0.2, 0) is 4.79 Å². The van der Waals surface area contributed by atoms with Crippen molar-refractivity contribution in [2.24, 2.45) is 0 Å². The molecule has 8 heteroatoms. The Morgan fingerprint density at radius 3 is 2.37 bits per heavy atom. The van der Waals surface area contributed by atoms with Gasteiger partial charge in [-0.3, -0.25) is 14.5 Å². The smallest absolute Gasteiger partial charge is 0.296 e. The minimum atomic E-state index is -0.876. The number of phenolic OH excluding ortho intramolecular Hbond substituents is 1. The number of aliphatic hydroxyl groups is 1. The fourth-order valence-electron chi connectivity index (χ4n) is 3.02. The van der Waals surface area contributed by atoms with E-state index in [9.17, 15) is 19.8 Å². The Hall–Kier alpha value is -3.52. The Morgan fingerprint density at radius 2 is 1.74 bits per heavy atom. The van der Waals surface area contributed by atoms with Gasteiger partial charge in [0.25, 0.3) is 5.91 Å². The molecular formula is C19H13N3O4S. The number of amides is 1. The van der Waals surface area contributed by atoms with Crippen molar-refractivity contribution in [3.63, 3.8) is 0 Å². The van der Waals surface area contributed by atoms with Crippen molar-refractivity contribution in [1.29, 1.82) is 0 Å². The van der Waals surface area contributed by atoms with E-state index in [1.165, 1.54) is 22.5 Å². The molecule has 1 aliphatic heterocycles. The van der Waals surface area contributed by atoms with E-state index in [-0.39, 0.29) is 16.5 Å². The van der Waals surface area contributed by atoms with Crippen LogP contribution in [-0.4, -0.2) is 32.1 Å². The molecule has 0 bridgehead atoms. The zero-order chi connectivity index (χ0) is 19.0. The quantitative estimate of drug-likeness (QED) is 0.676. The van der Waals surface area contributed by atoms with Crippen LogP contribution >= 0.6 is 11.3 Å². The molecule has 0 saturated carbocycles. The molecule has 3 aromatic rings. The summed E-state index contributed by atoms with van der Waals surface area (Å²) in [5, 5.41) is 28.0. The molecule has 0 saturated heterocycles. The molecule has 134 valence electrons. The van der Waals surface area contributed by atoms with Gasteiger partial charge in [0.2, 0.25) is 5.13 Å². The Balaban J connectivity index is 1.87. The van der Waals surface area contributed by atoms with Crippen LogP contribution in [0.15, 0.2) is 71.4 Å². The maximum absolute atomic E-state index is 13.1. The molecule has 0 spiro atoms. The molecule has 2 heterocycles. The lowest BCUT2D eigenvalue weighted by Crippen LogP contribution is -2.31. The molecule has 1 aliphatic rings. The first kappa shape index (κ1) is 16.9. The van der Waals surface area contributed by atoms with Gasteiger partial charge < -0.3 is 10.2 Å². The van der Waals surface area contributed by atoms with E-state index >= 15 is 0 Å². The first-order chi connectivity index (χ1) is 13.1. The van der Waals surface area contributed by atoms with Crippen molar-refractivity contribution in [2.45, 2.75) is 6.04 Å². The van der Waals surface area contributed by atoms with Crippen molar-refractivity contribution >= 4 is 28.2 Å². The Labute approximate surface area is 157 Å². The van der Waals surface area contributed by atoms with Crippen LogP contribution in [0.4, 0.5) is 5.13 Å². The van der Waals surface area contributed by atoms with Crippen LogP contribution in [0.1, 0.15) is 22.0 Å². The number of hydrogen-bond acceptors (Lipinski definition) is 7. The number of hydrogen-bond donors (Lipinski definition) is 2. The van der Waals surface area contributed by atoms with Crippen LogP contribution in [0, 0.1) is 0 Å². The van der Waals surface area contributed by atoms with Gasteiger partial charge in [0.05, 0.1) is 11.6 Å². The van der Waals surface area contributed by atoms with Gasteiger partial charge >= 0.3 is 0 Å². The molecule has 1 unspecified atom stereocenters. The monoisotopic (exact) mass is 379 g/mol. The highest BCUT2D eigenvalue weighted by Crippen LogP contribution is 2.42. The Kier molecular flexibility index (Phi) is 4.17. The second-order valence-electron chi connectivity index (χ2n) is 5.85. The summed E-state index contributed by atoms with van der Waals surface area (Å²) < 4.78 is 0. The summed E-state index contributed by atoms with van der Waals surface area (Å²) in [5.74, 6) is -1.73. The van der Waals surface area contributed by atoms with E-state index in [0.717, 1.165) is 11.3 Å². The van der Waals surface area contributed by atoms with E-state index < -0.39 is 23.5 Å². The second kappa shape index (κ2) is 6.65. The number of carbonyl (C=O) groups is 2. The van der Waals surface area contributed by atoms with Crippen LogP contribution in [0.5, 0.6) is 5.75 Å². The Morgan fingerprint density at radius 1 is 1.04 bits per heavy atom. The second-order valence-corrected chi connectivity index (χ2v) is 6.66. The molecule has 7 nitrogen and oxygen atoms in total. The lowest BCUT2D eigenvalue weighted by atomic mass is 9.93. The van der Waals surface area contributed by atoms with Crippen molar-refractivity contribution in [3.05, 3.63) is 82.6 Å². The third kappa shape index (κ3) is 2.85. The standard InChI is InChI=1S/C19H13N3O4S/c23-13-8-6-11(7-9-13)15-14(16(24)12-4-2-1-3-5-12)17(25)18(26)22(15)19-21-20-10-27-19/h1-10,15,23,25H. The number of nitrogens with zero attached hydrogens (tertiary/aromatic N) is 3. The highest BCUT2D eigenvalue weighted by atomic mass is 32.1. The van der Waals surface area contributed by atoms with Gasteiger partial charge in [-0.2, -0.15) is 0 Å². The SMILES string of the molecule is O=C(C1=C(O)C(=O)N(c2nncs2)C1c1ccc(O)cc1)c1ccccc1. The van der Waals surface area contributed by atoms with Crippen LogP contribution in [0.25, 0.3) is 0 Å². The zero-order valence-corrected chi connectivity index (χ0v) is 14.6. The van der Waals surface area contributed by atoms with Gasteiger partial charge in [-0.1, -0.05) is 53.8 Å². The van der Waals surface area contributed by atoms with Crippen molar-refractivity contribution < 1.29 is 19.8 Å². The van der Waals surface area contributed by atoms with Crippen molar-refractivity contribution in [2.75, 3.05) is 4.90 Å². The summed E-state index contributed by atoms with van der Waals surface area (Å²) in [6, 6.07) is 13.7. The number of anilines is 1. The summed E-state index contributed by atoms with van der Waals surface area (Å²) >= 11 is 1.12. The third-order valence-electron chi connectivity index (χ3n) is 4.25. The predicted molar refractivity (Wildman–Crippen MR) is 98.7 cm³/mol. The third-order valence-corrected chi connectivity index (χ3v) is 4.94. The van der Waals surface area contributed by atoms with Gasteiger partial charge in [0.1, 0.15) is 11.3 Å². The van der Waals surface area contributed by atoms with Crippen LogP contribution in [0.2, 0.25) is 0 Å². The van der Waals surface area contributed by atoms with E-state index in [4.69, 9.17) is 0 Å². The molecule has 1 amide bonds. The highest BCUT2D eigenvalue weighted by Gasteiger charge is 2.45. The van der Waals surface area contributed by atoms with Crippen molar-refractivity contribution in [3.8, 4) is 5.75 Å². The van der Waals surface area contributed by atoms with E-state index in [0.29, 0.717) is 11.1 Å². The van der Waals surface area contributed by atoms with Crippen LogP contribution in [0.3, 0.4) is 0 Å². The largest absolute Gasteiger partial charge is 0.508 e. The van der Waals surface area contributed by atoms with Gasteiger partial charge in [-0.05, 0) is 17.7 Å². The van der Waals surface area contributed by atoms with Gasteiger partial charge in [0.15, 0.2) is 11.5 Å². The fourth-order valence-corrected chi connectivity index (χ4v) is 3.61. The van der Waals surface area contributed by atoms with Gasteiger partial charge in [-0.15, -0.1) is 10.2 Å². The first-order valence-electron chi connectivity index (χ1n) is 7.99. The summed E-state index contributed by atoms with van der Waals surface area (Å²) in [6.45, 7) is 0. The number of aromatic nitrogens is 2. The molecule has 2 N–H and O–H groups in total. The number of aromatic hydroxyl groups is 1. The van der Waals surface area contributed by atoms with Gasteiger partial charge in [0, 0.05) is 5.56 Å². The molecule has 2 aromatic carbocycles. The summed E-state index contributed by atoms with van der Waals surface area (Å²) in [7, 11) is 0. The van der Waals surface area contributed by atoms with E-state index in [1.807, 2.05) is 0 Å². The molecule has 0 aliphatic carbocycles. The topological polar surface area (TPSA) is 104 Å². The minimum Gasteiger partial charge on any atom is -0.508 e. The molecule has 0 fully saturated rings. The number of phenols is 1. The number of Topliss-reactive ketones (excluding diaryl/α,β-unsaturated/α-hetero) is 1. The number of carbonyl (C=O) groups excluding carboxylic acids is 2. The van der Waals surface area contributed by atoms with Gasteiger partial charge in [-0.25, -0.2) is 0 Å². The van der Waals surface area contributed by atoms with Crippen molar-refractivity contribution in [1.82, 2.24) is 10.2 Å². The first-order valence-corrected chi connectivity index (χ1v) is 8.87. The maximum Gasteiger partial charge on any atom is 0.296 e. The average Bonchev–Trinajstić information content (AvgIpc) is 3.30. The molecule has 27 heavy (non-hydrogen) atoms. The summed E-state index contributed by atoms with van der Waals surface area (Å²) in [5.41, 5.74) is 2.34. The average molecular weight is 379 g/mol. The fraction of sp³-hybridized carbons (Fsp3) is 0.0526. The van der Waals surface area contributed by atoms with E-state index in [2.05, 4.69) is 10.2 Å². The van der Waals surface area contributed by atoms with E-state index in [1.54, 1.807) is 42.5 Å².